The van der Waals surface area contributed by atoms with Crippen LogP contribution < -0.4 is 0 Å². The van der Waals surface area contributed by atoms with Gasteiger partial charge >= 0.3 is 0 Å². The van der Waals surface area contributed by atoms with Crippen molar-refractivity contribution in [3.05, 3.63) is 35.9 Å². The summed E-state index contributed by atoms with van der Waals surface area (Å²) >= 11 is 6.00. The molecule has 0 aromatic heterocycles. The van der Waals surface area contributed by atoms with E-state index >= 15 is 0 Å². The Hall–Kier alpha value is -0.580. The lowest BCUT2D eigenvalue weighted by molar-refractivity contribution is 0.344. The second-order valence-electron chi connectivity index (χ2n) is 5.86. The smallest absolute Gasteiger partial charge is 0.212 e. The number of hydrogen-bond acceptors (Lipinski definition) is 2. The summed E-state index contributed by atoms with van der Waals surface area (Å²) in [6.45, 7) is 2.58. The Bertz CT molecular complexity index is 532. The molecule has 0 radical (unpaired) electrons. The van der Waals surface area contributed by atoms with E-state index in [9.17, 15) is 8.42 Å². The Labute approximate surface area is 133 Å². The van der Waals surface area contributed by atoms with Gasteiger partial charge < -0.3 is 0 Å². The Kier molecular flexibility index (Phi) is 6.08. The van der Waals surface area contributed by atoms with Crippen molar-refractivity contribution in [2.45, 2.75) is 44.6 Å². The molecule has 1 saturated heterocycles. The molecule has 0 aliphatic carbocycles. The third kappa shape index (κ3) is 4.44. The van der Waals surface area contributed by atoms with Crippen LogP contribution in [0.4, 0.5) is 0 Å². The summed E-state index contributed by atoms with van der Waals surface area (Å²) in [7, 11) is -3.27. The highest BCUT2D eigenvalue weighted by Gasteiger charge is 2.31. The van der Waals surface area contributed by atoms with E-state index in [0.29, 0.717) is 12.4 Å². The summed E-state index contributed by atoms with van der Waals surface area (Å²) in [5.41, 5.74) is 1.07. The summed E-state index contributed by atoms with van der Waals surface area (Å²) in [6.07, 6.45) is 3.97. The molecule has 0 bridgehead atoms. The monoisotopic (exact) mass is 329 g/mol. The van der Waals surface area contributed by atoms with Crippen LogP contribution in [0.2, 0.25) is 0 Å². The summed E-state index contributed by atoms with van der Waals surface area (Å²) in [5, 5.41) is 0. The number of hydrogen-bond donors (Lipinski definition) is 0. The highest BCUT2D eigenvalue weighted by Crippen LogP contribution is 2.25. The van der Waals surface area contributed by atoms with Gasteiger partial charge in [-0.3, -0.25) is 0 Å². The molecule has 1 aromatic carbocycles. The van der Waals surface area contributed by atoms with Crippen molar-refractivity contribution in [3.63, 3.8) is 0 Å². The maximum absolute atomic E-state index is 12.8. The first-order chi connectivity index (χ1) is 10.0. The Morgan fingerprint density at radius 1 is 1.24 bits per heavy atom. The van der Waals surface area contributed by atoms with Gasteiger partial charge in [0, 0.05) is 18.5 Å². The van der Waals surface area contributed by atoms with Gasteiger partial charge in [-0.2, -0.15) is 4.31 Å². The highest BCUT2D eigenvalue weighted by atomic mass is 35.5. The predicted molar refractivity (Wildman–Crippen MR) is 88.3 cm³/mol. The molecule has 118 valence electrons. The molecule has 1 fully saturated rings. The van der Waals surface area contributed by atoms with Crippen LogP contribution in [0.5, 0.6) is 0 Å². The maximum Gasteiger partial charge on any atom is 0.214 e. The fraction of sp³-hybridized carbons (Fsp3) is 0.625. The Morgan fingerprint density at radius 3 is 2.62 bits per heavy atom. The minimum Gasteiger partial charge on any atom is -0.212 e. The molecule has 3 nitrogen and oxygen atoms in total. The van der Waals surface area contributed by atoms with Crippen molar-refractivity contribution in [2.75, 3.05) is 18.2 Å². The standard InChI is InChI=1S/C16H24ClNO2S/c1-14(15-8-4-2-5-9-15)13-21(19,20)18-11-7-3-6-10-16(18)12-17/h2,4-5,8-9,14,16H,3,6-7,10-13H2,1H3. The number of nitrogens with zero attached hydrogens (tertiary/aromatic N) is 1. The molecule has 21 heavy (non-hydrogen) atoms. The fourth-order valence-electron chi connectivity index (χ4n) is 2.96. The molecule has 1 aliphatic heterocycles. The van der Waals surface area contributed by atoms with Gasteiger partial charge in [0.2, 0.25) is 10.0 Å². The number of benzene rings is 1. The topological polar surface area (TPSA) is 37.4 Å². The molecule has 1 aliphatic rings. The Morgan fingerprint density at radius 2 is 1.95 bits per heavy atom. The molecule has 1 heterocycles. The lowest BCUT2D eigenvalue weighted by atomic mass is 10.0. The zero-order valence-electron chi connectivity index (χ0n) is 12.5. The normalized spacial score (nSPS) is 22.7. The van der Waals surface area contributed by atoms with Crippen LogP contribution in [0, 0.1) is 0 Å². The highest BCUT2D eigenvalue weighted by molar-refractivity contribution is 7.89. The van der Waals surface area contributed by atoms with Crippen molar-refractivity contribution in [1.29, 1.82) is 0 Å². The third-order valence-corrected chi connectivity index (χ3v) is 6.66. The minimum atomic E-state index is -3.27. The summed E-state index contributed by atoms with van der Waals surface area (Å²) in [5.74, 6) is 0.541. The zero-order chi connectivity index (χ0) is 15.3. The van der Waals surface area contributed by atoms with Gasteiger partial charge in [-0.25, -0.2) is 8.42 Å². The number of sulfonamides is 1. The predicted octanol–water partition coefficient (Wildman–Crippen LogP) is 3.60. The van der Waals surface area contributed by atoms with E-state index in [-0.39, 0.29) is 17.7 Å². The van der Waals surface area contributed by atoms with Crippen LogP contribution in [0.25, 0.3) is 0 Å². The van der Waals surface area contributed by atoms with Crippen LogP contribution in [0.1, 0.15) is 44.1 Å². The van der Waals surface area contributed by atoms with E-state index in [1.165, 1.54) is 0 Å². The van der Waals surface area contributed by atoms with Gasteiger partial charge in [0.1, 0.15) is 0 Å². The molecule has 0 amide bonds. The van der Waals surface area contributed by atoms with Gasteiger partial charge in [-0.15, -0.1) is 11.6 Å². The van der Waals surface area contributed by atoms with E-state index in [0.717, 1.165) is 31.2 Å². The van der Waals surface area contributed by atoms with Gasteiger partial charge in [0.15, 0.2) is 0 Å². The average Bonchev–Trinajstić information content (AvgIpc) is 2.73. The first kappa shape index (κ1) is 16.8. The van der Waals surface area contributed by atoms with E-state index in [1.54, 1.807) is 4.31 Å². The van der Waals surface area contributed by atoms with E-state index in [1.807, 2.05) is 37.3 Å². The molecular formula is C16H24ClNO2S. The van der Waals surface area contributed by atoms with Crippen molar-refractivity contribution in [3.8, 4) is 0 Å². The molecule has 2 rings (SSSR count). The molecule has 0 N–H and O–H groups in total. The maximum atomic E-state index is 12.8. The van der Waals surface area contributed by atoms with Gasteiger partial charge in [0.05, 0.1) is 5.75 Å². The van der Waals surface area contributed by atoms with Crippen LogP contribution in [0.3, 0.4) is 0 Å². The van der Waals surface area contributed by atoms with Gasteiger partial charge in [-0.1, -0.05) is 50.1 Å². The molecule has 5 heteroatoms. The second kappa shape index (κ2) is 7.61. The second-order valence-corrected chi connectivity index (χ2v) is 8.13. The molecular weight excluding hydrogens is 306 g/mol. The first-order valence-corrected chi connectivity index (χ1v) is 9.79. The number of halogens is 1. The van der Waals surface area contributed by atoms with Crippen molar-refractivity contribution in [1.82, 2.24) is 4.31 Å². The SMILES string of the molecule is CC(CS(=O)(=O)N1CCCCCC1CCl)c1ccccc1. The van der Waals surface area contributed by atoms with E-state index in [2.05, 4.69) is 0 Å². The molecule has 0 spiro atoms. The van der Waals surface area contributed by atoms with Crippen LogP contribution in [0.15, 0.2) is 30.3 Å². The summed E-state index contributed by atoms with van der Waals surface area (Å²) in [6, 6.07) is 9.78. The fourth-order valence-corrected chi connectivity index (χ4v) is 5.42. The van der Waals surface area contributed by atoms with E-state index < -0.39 is 10.0 Å². The van der Waals surface area contributed by atoms with Crippen LogP contribution in [-0.2, 0) is 10.0 Å². The third-order valence-electron chi connectivity index (χ3n) is 4.19. The average molecular weight is 330 g/mol. The summed E-state index contributed by atoms with van der Waals surface area (Å²) in [4.78, 5) is 0. The number of rotatable bonds is 5. The lowest BCUT2D eigenvalue weighted by Crippen LogP contribution is -2.43. The quantitative estimate of drug-likeness (QED) is 0.774. The van der Waals surface area contributed by atoms with Crippen LogP contribution in [-0.4, -0.2) is 36.9 Å². The molecule has 2 atom stereocenters. The van der Waals surface area contributed by atoms with Crippen molar-refractivity contribution < 1.29 is 8.42 Å². The first-order valence-electron chi connectivity index (χ1n) is 7.65. The largest absolute Gasteiger partial charge is 0.214 e. The van der Waals surface area contributed by atoms with Crippen molar-refractivity contribution >= 4 is 21.6 Å². The Balaban J connectivity index is 2.12. The molecule has 1 aromatic rings. The number of alkyl halides is 1. The van der Waals surface area contributed by atoms with Gasteiger partial charge in [-0.05, 0) is 24.3 Å². The van der Waals surface area contributed by atoms with E-state index in [4.69, 9.17) is 11.6 Å². The summed E-state index contributed by atoms with van der Waals surface area (Å²) < 4.78 is 27.2. The van der Waals surface area contributed by atoms with Gasteiger partial charge in [0.25, 0.3) is 0 Å². The van der Waals surface area contributed by atoms with Crippen LogP contribution >= 0.6 is 11.6 Å². The zero-order valence-corrected chi connectivity index (χ0v) is 14.1. The minimum absolute atomic E-state index is 0.00423. The molecule has 0 saturated carbocycles. The lowest BCUT2D eigenvalue weighted by Gasteiger charge is -2.29. The van der Waals surface area contributed by atoms with Crippen molar-refractivity contribution in [2.24, 2.45) is 0 Å². The molecule has 2 unspecified atom stereocenters.